The van der Waals surface area contributed by atoms with Crippen LogP contribution in [0.4, 0.5) is 4.39 Å². The molecule has 1 unspecified atom stereocenters. The molecule has 0 saturated heterocycles. The molecule has 0 amide bonds. The zero-order valence-electron chi connectivity index (χ0n) is 69.6. The minimum atomic E-state index is -0.918. The first-order valence-electron chi connectivity index (χ1n) is 37.3. The smallest absolute Gasteiger partial charge is 0.130 e. The Morgan fingerprint density at radius 2 is 0.529 bits per heavy atom. The predicted octanol–water partition coefficient (Wildman–Crippen LogP) is 24.0. The van der Waals surface area contributed by atoms with Crippen molar-refractivity contribution in [3.05, 3.63) is 272 Å². The van der Waals surface area contributed by atoms with Crippen LogP contribution in [0.1, 0.15) is 336 Å². The van der Waals surface area contributed by atoms with Gasteiger partial charge in [0.1, 0.15) is 17.8 Å². The summed E-state index contributed by atoms with van der Waals surface area (Å²) in [6.07, 6.45) is 24.1. The summed E-state index contributed by atoms with van der Waals surface area (Å²) in [6.45, 7) is 64.3. The predicted molar refractivity (Wildman–Crippen MR) is 436 cm³/mol. The van der Waals surface area contributed by atoms with Crippen LogP contribution in [0.3, 0.4) is 0 Å². The van der Waals surface area contributed by atoms with Gasteiger partial charge in [-0.05, 0) is 198 Å². The van der Waals surface area contributed by atoms with Gasteiger partial charge < -0.3 is 0 Å². The molecular formula is C89H131FN14. The minimum absolute atomic E-state index is 0.411. The number of hydrogen-bond donors (Lipinski definition) is 0. The molecule has 0 N–H and O–H groups in total. The van der Waals surface area contributed by atoms with E-state index >= 15 is 0 Å². The quantitative estimate of drug-likeness (QED) is 0.113. The summed E-state index contributed by atoms with van der Waals surface area (Å²) < 4.78 is 12.7. The number of halogens is 1. The molecule has 14 nitrogen and oxygen atoms in total. The Balaban J connectivity index is 0.000000578. The highest BCUT2D eigenvalue weighted by molar-refractivity contribution is 5.23. The third kappa shape index (κ3) is 40.3. The molecule has 104 heavy (non-hydrogen) atoms. The van der Waals surface area contributed by atoms with Crippen LogP contribution >= 0.6 is 0 Å². The molecule has 10 heterocycles. The highest BCUT2D eigenvalue weighted by Gasteiger charge is 2.08. The Morgan fingerprint density at radius 3 is 0.750 bits per heavy atom. The van der Waals surface area contributed by atoms with Crippen LogP contribution in [0.2, 0.25) is 0 Å². The highest BCUT2D eigenvalue weighted by Crippen LogP contribution is 2.20. The molecule has 0 radical (unpaired) electrons. The first-order chi connectivity index (χ1) is 48.8. The van der Waals surface area contributed by atoms with Crippen LogP contribution in [0.25, 0.3) is 0 Å². The van der Waals surface area contributed by atoms with Crippen molar-refractivity contribution in [2.75, 3.05) is 0 Å². The molecule has 0 saturated carbocycles. The molecule has 0 aliphatic rings. The largest absolute Gasteiger partial charge is 0.261 e. The molecule has 0 aromatic carbocycles. The Bertz CT molecular complexity index is 3280. The third-order valence-corrected chi connectivity index (χ3v) is 15.7. The van der Waals surface area contributed by atoms with E-state index in [9.17, 15) is 4.39 Å². The summed E-state index contributed by atoms with van der Waals surface area (Å²) in [5, 5.41) is 0. The Morgan fingerprint density at radius 1 is 0.250 bits per heavy atom. The Labute approximate surface area is 629 Å². The van der Waals surface area contributed by atoms with Crippen molar-refractivity contribution in [3.63, 3.8) is 0 Å². The number of pyridine rings is 6. The molecule has 1 atom stereocenters. The molecule has 0 aliphatic carbocycles. The van der Waals surface area contributed by atoms with Crippen LogP contribution in [0.5, 0.6) is 0 Å². The maximum absolute atomic E-state index is 12.7. The van der Waals surface area contributed by atoms with Crippen LogP contribution in [-0.2, 0) is 6.42 Å². The summed E-state index contributed by atoms with van der Waals surface area (Å²) in [4.78, 5) is 59.2. The topological polar surface area (TPSA) is 180 Å². The van der Waals surface area contributed by atoms with E-state index < -0.39 is 6.17 Å². The van der Waals surface area contributed by atoms with E-state index in [1.165, 1.54) is 63.2 Å². The molecule has 10 aromatic rings. The van der Waals surface area contributed by atoms with Gasteiger partial charge in [-0.25, -0.2) is 24.3 Å². The summed E-state index contributed by atoms with van der Waals surface area (Å²) in [5.74, 6) is 6.78. The zero-order chi connectivity index (χ0) is 78.8. The number of hydrogen-bond acceptors (Lipinski definition) is 14. The molecule has 0 aliphatic heterocycles. The molecule has 0 fully saturated rings. The minimum Gasteiger partial charge on any atom is -0.261 e. The van der Waals surface area contributed by atoms with Gasteiger partial charge in [-0.2, -0.15) is 0 Å². The average molecular weight is 1420 g/mol. The second-order valence-corrected chi connectivity index (χ2v) is 29.4. The first-order valence-corrected chi connectivity index (χ1v) is 37.3. The normalized spacial score (nSPS) is 10.8. The summed E-state index contributed by atoms with van der Waals surface area (Å²) in [7, 11) is 0. The summed E-state index contributed by atoms with van der Waals surface area (Å²) in [5.41, 5.74) is 21.3. The molecule has 0 spiro atoms. The average Bonchev–Trinajstić information content (AvgIpc) is 0.887. The maximum Gasteiger partial charge on any atom is 0.130 e. The van der Waals surface area contributed by atoms with Crippen LogP contribution in [0, 0.1) is 62.3 Å². The van der Waals surface area contributed by atoms with E-state index in [4.69, 9.17) is 0 Å². The highest BCUT2D eigenvalue weighted by atomic mass is 19.1. The Kier molecular flexibility index (Phi) is 45.3. The first kappa shape index (κ1) is 93.2. The lowest BCUT2D eigenvalue weighted by Crippen LogP contribution is -1.95. The van der Waals surface area contributed by atoms with Crippen molar-refractivity contribution < 1.29 is 4.39 Å². The van der Waals surface area contributed by atoms with Crippen molar-refractivity contribution >= 4 is 0 Å². The van der Waals surface area contributed by atoms with Crippen molar-refractivity contribution in [2.24, 2.45) is 0 Å². The van der Waals surface area contributed by atoms with E-state index in [0.717, 1.165) is 63.4 Å². The molecule has 564 valence electrons. The van der Waals surface area contributed by atoms with Gasteiger partial charge >= 0.3 is 0 Å². The summed E-state index contributed by atoms with van der Waals surface area (Å²) >= 11 is 0. The van der Waals surface area contributed by atoms with Gasteiger partial charge in [-0.15, -0.1) is 0 Å². The van der Waals surface area contributed by atoms with Crippen LogP contribution < -0.4 is 0 Å². The fourth-order valence-corrected chi connectivity index (χ4v) is 8.22. The van der Waals surface area contributed by atoms with Gasteiger partial charge in [0.15, 0.2) is 0 Å². The third-order valence-electron chi connectivity index (χ3n) is 15.7. The van der Waals surface area contributed by atoms with Gasteiger partial charge in [0.25, 0.3) is 0 Å². The Hall–Kier alpha value is -8.85. The lowest BCUT2D eigenvalue weighted by Gasteiger charge is -2.06. The zero-order valence-corrected chi connectivity index (χ0v) is 69.6. The maximum atomic E-state index is 12.7. The van der Waals surface area contributed by atoms with E-state index in [1.54, 1.807) is 24.7 Å². The van der Waals surface area contributed by atoms with Crippen molar-refractivity contribution in [2.45, 2.75) is 286 Å². The van der Waals surface area contributed by atoms with Crippen LogP contribution in [0.15, 0.2) is 153 Å². The lowest BCUT2D eigenvalue weighted by molar-refractivity contribution is 0.373. The van der Waals surface area contributed by atoms with Gasteiger partial charge in [0.2, 0.25) is 0 Å². The number of nitrogens with zero attached hydrogens (tertiary/aromatic N) is 14. The van der Waals surface area contributed by atoms with Gasteiger partial charge in [-0.1, -0.05) is 182 Å². The molecule has 0 bridgehead atoms. The molecule has 15 heteroatoms. The standard InChI is InChI=1S/C10H14FN.2C10H15N.3C9H13N.4C8H12N2/c1-7(2)10-5-4-9(6-12-10)8(3)11;1-7(2)10-6-5-8(3)9(4)11-10;1-4-9-5-6-10(8(2)3)11-7-9;3*1-7(2)9-5-4-8(3)6-10-9;2*1-6(2)8-5-9-7(3)4-10-8;2*1-6(2)8-9-4-7(3)5-10-8/h4-8H,1-3H3;5-7H,1-4H3;5-8H,4H2,1-3H3;3*4-7H,1-3H3;4*4-6H,1-3H3. The van der Waals surface area contributed by atoms with Crippen molar-refractivity contribution in [1.29, 1.82) is 0 Å². The van der Waals surface area contributed by atoms with E-state index in [-0.39, 0.29) is 0 Å². The van der Waals surface area contributed by atoms with Crippen molar-refractivity contribution in [1.82, 2.24) is 69.8 Å². The molecule has 10 rings (SSSR count). The SMILES string of the molecule is CC(C)c1ccc(C(C)F)cn1.CCc1ccc(C(C)C)nc1.Cc1ccc(C(C)C)nc1.Cc1ccc(C(C)C)nc1.Cc1ccc(C(C)C)nc1.Cc1ccc(C(C)C)nc1C.Cc1cnc(C(C)C)cn1.Cc1cnc(C(C)C)cn1.Cc1cnc(C(C)C)nc1.Cc1cnc(C(C)C)nc1. The van der Waals surface area contributed by atoms with Gasteiger partial charge in [-0.3, -0.25) is 49.8 Å². The number of alkyl halides is 1. The van der Waals surface area contributed by atoms with Gasteiger partial charge in [0.05, 0.1) is 22.8 Å². The number of aromatic nitrogens is 14. The van der Waals surface area contributed by atoms with E-state index in [2.05, 4.69) is 310 Å². The van der Waals surface area contributed by atoms with E-state index in [1.807, 2.05) is 95.7 Å². The number of aryl methyl sites for hydroxylation is 10. The monoisotopic (exact) mass is 1420 g/mol. The molecule has 10 aromatic heterocycles. The van der Waals surface area contributed by atoms with E-state index in [0.29, 0.717) is 64.7 Å². The fourth-order valence-electron chi connectivity index (χ4n) is 8.22. The van der Waals surface area contributed by atoms with Crippen molar-refractivity contribution in [3.8, 4) is 0 Å². The number of rotatable bonds is 12. The fraction of sp³-hybridized carbons (Fsp3) is 0.483. The van der Waals surface area contributed by atoms with Crippen LogP contribution in [-0.4, -0.2) is 69.8 Å². The van der Waals surface area contributed by atoms with Gasteiger partial charge in [0, 0.05) is 138 Å². The second kappa shape index (κ2) is 50.5. The summed E-state index contributed by atoms with van der Waals surface area (Å²) in [6, 6.07) is 24.7. The lowest BCUT2D eigenvalue weighted by atomic mass is 10.1. The second-order valence-electron chi connectivity index (χ2n) is 29.4. The molecular weight excluding hydrogens is 1280 g/mol.